The van der Waals surface area contributed by atoms with Crippen molar-refractivity contribution in [3.63, 3.8) is 0 Å². The fraction of sp³-hybridized carbons (Fsp3) is 0.429. The summed E-state index contributed by atoms with van der Waals surface area (Å²) in [4.78, 5) is 12.2. The summed E-state index contributed by atoms with van der Waals surface area (Å²) < 4.78 is 1.33. The second-order valence-electron chi connectivity index (χ2n) is 5.60. The summed E-state index contributed by atoms with van der Waals surface area (Å²) in [6, 6.07) is 7.33. The van der Waals surface area contributed by atoms with E-state index < -0.39 is 6.10 Å². The Bertz CT molecular complexity index is 611. The first-order valence-electron chi connectivity index (χ1n) is 6.02. The number of nitrogens with zero attached hydrogens (tertiary/aromatic N) is 2. The quantitative estimate of drug-likeness (QED) is 0.879. The van der Waals surface area contributed by atoms with Gasteiger partial charge in [0.1, 0.15) is 0 Å². The molecule has 1 heterocycles. The van der Waals surface area contributed by atoms with Crippen LogP contribution in [0.2, 0.25) is 0 Å². The van der Waals surface area contributed by atoms with E-state index >= 15 is 0 Å². The largest absolute Gasteiger partial charge is 0.391 e. The number of aliphatic hydroxyl groups is 1. The van der Waals surface area contributed by atoms with Crippen molar-refractivity contribution in [2.24, 2.45) is 5.41 Å². The molecule has 0 fully saturated rings. The van der Waals surface area contributed by atoms with Crippen LogP contribution in [-0.4, -0.2) is 21.0 Å². The number of benzene rings is 1. The summed E-state index contributed by atoms with van der Waals surface area (Å²) in [5, 5.41) is 15.6. The molecular weight excluding hydrogens is 228 g/mol. The molecule has 4 nitrogen and oxygen atoms in total. The van der Waals surface area contributed by atoms with Gasteiger partial charge in [0.05, 0.1) is 24.2 Å². The lowest BCUT2D eigenvalue weighted by Gasteiger charge is -2.25. The van der Waals surface area contributed by atoms with Gasteiger partial charge in [-0.2, -0.15) is 5.10 Å². The van der Waals surface area contributed by atoms with Crippen LogP contribution >= 0.6 is 0 Å². The topological polar surface area (TPSA) is 55.1 Å². The minimum Gasteiger partial charge on any atom is -0.391 e. The van der Waals surface area contributed by atoms with E-state index in [1.807, 2.05) is 39.0 Å². The van der Waals surface area contributed by atoms with Gasteiger partial charge in [-0.1, -0.05) is 39.0 Å². The molecule has 0 aliphatic rings. The minimum atomic E-state index is -0.608. The first-order valence-corrected chi connectivity index (χ1v) is 6.02. The predicted molar refractivity (Wildman–Crippen MR) is 71.5 cm³/mol. The van der Waals surface area contributed by atoms with Crippen LogP contribution in [0.3, 0.4) is 0 Å². The Balaban J connectivity index is 2.41. The van der Waals surface area contributed by atoms with Gasteiger partial charge in [0.2, 0.25) is 0 Å². The molecule has 0 amide bonds. The van der Waals surface area contributed by atoms with E-state index in [4.69, 9.17) is 0 Å². The zero-order valence-corrected chi connectivity index (χ0v) is 10.9. The molecule has 1 atom stereocenters. The van der Waals surface area contributed by atoms with Gasteiger partial charge in [0, 0.05) is 5.39 Å². The molecule has 0 aliphatic heterocycles. The van der Waals surface area contributed by atoms with E-state index in [0.29, 0.717) is 5.39 Å². The average molecular weight is 246 g/mol. The molecule has 0 aliphatic carbocycles. The smallest absolute Gasteiger partial charge is 0.274 e. The van der Waals surface area contributed by atoms with Crippen molar-refractivity contribution < 1.29 is 5.11 Å². The third-order valence-corrected chi connectivity index (χ3v) is 3.11. The van der Waals surface area contributed by atoms with Crippen LogP contribution < -0.4 is 5.56 Å². The molecule has 0 spiro atoms. The van der Waals surface area contributed by atoms with Crippen molar-refractivity contribution in [2.45, 2.75) is 33.4 Å². The van der Waals surface area contributed by atoms with Crippen molar-refractivity contribution in [1.29, 1.82) is 0 Å². The molecule has 4 heteroatoms. The number of hydrogen-bond acceptors (Lipinski definition) is 3. The minimum absolute atomic E-state index is 0.156. The van der Waals surface area contributed by atoms with Crippen molar-refractivity contribution in [3.8, 4) is 0 Å². The standard InChI is InChI=1S/C14H18N2O2/c1-14(2,3)12(17)9-16-13(18)11-7-5-4-6-10(11)8-15-16/h4-8,12,17H,9H2,1-3H3. The Hall–Kier alpha value is -1.68. The van der Waals surface area contributed by atoms with Crippen molar-refractivity contribution in [1.82, 2.24) is 9.78 Å². The predicted octanol–water partition coefficient (Wildman–Crippen LogP) is 1.80. The maximum absolute atomic E-state index is 12.2. The highest BCUT2D eigenvalue weighted by atomic mass is 16.3. The van der Waals surface area contributed by atoms with Gasteiger partial charge < -0.3 is 5.11 Å². The van der Waals surface area contributed by atoms with Crippen LogP contribution in [0.5, 0.6) is 0 Å². The highest BCUT2D eigenvalue weighted by Gasteiger charge is 2.23. The van der Waals surface area contributed by atoms with Gasteiger partial charge in [-0.05, 0) is 11.5 Å². The van der Waals surface area contributed by atoms with Crippen LogP contribution in [0.1, 0.15) is 20.8 Å². The first-order chi connectivity index (χ1) is 8.39. The number of aliphatic hydroxyl groups excluding tert-OH is 1. The Morgan fingerprint density at radius 1 is 1.33 bits per heavy atom. The fourth-order valence-electron chi connectivity index (χ4n) is 1.70. The summed E-state index contributed by atoms with van der Waals surface area (Å²) in [5.74, 6) is 0. The van der Waals surface area contributed by atoms with E-state index in [-0.39, 0.29) is 17.5 Å². The van der Waals surface area contributed by atoms with Crippen LogP contribution in [-0.2, 0) is 6.54 Å². The molecule has 0 saturated carbocycles. The van der Waals surface area contributed by atoms with Crippen molar-refractivity contribution >= 4 is 10.8 Å². The Kier molecular flexibility index (Phi) is 3.22. The normalized spacial score (nSPS) is 13.8. The monoisotopic (exact) mass is 246 g/mol. The SMILES string of the molecule is CC(C)(C)C(O)Cn1ncc2ccccc2c1=O. The fourth-order valence-corrected chi connectivity index (χ4v) is 1.70. The van der Waals surface area contributed by atoms with Crippen LogP contribution in [0.15, 0.2) is 35.3 Å². The summed E-state index contributed by atoms with van der Waals surface area (Å²) in [5.41, 5.74) is -0.427. The molecule has 2 rings (SSSR count). The number of aromatic nitrogens is 2. The highest BCUT2D eigenvalue weighted by molar-refractivity contribution is 5.80. The van der Waals surface area contributed by atoms with E-state index in [2.05, 4.69) is 5.10 Å². The Morgan fingerprint density at radius 3 is 2.67 bits per heavy atom. The van der Waals surface area contributed by atoms with Crippen molar-refractivity contribution in [3.05, 3.63) is 40.8 Å². The molecule has 0 radical (unpaired) electrons. The third-order valence-electron chi connectivity index (χ3n) is 3.11. The van der Waals surface area contributed by atoms with Gasteiger partial charge in [0.25, 0.3) is 5.56 Å². The number of hydrogen-bond donors (Lipinski definition) is 1. The molecule has 2 aromatic rings. The third kappa shape index (κ3) is 2.43. The van der Waals surface area contributed by atoms with Crippen LogP contribution in [0.4, 0.5) is 0 Å². The highest BCUT2D eigenvalue weighted by Crippen LogP contribution is 2.19. The van der Waals surface area contributed by atoms with E-state index in [0.717, 1.165) is 5.39 Å². The molecule has 0 saturated heterocycles. The molecule has 1 unspecified atom stereocenters. The first kappa shape index (κ1) is 12.8. The van der Waals surface area contributed by atoms with Crippen LogP contribution in [0, 0.1) is 5.41 Å². The van der Waals surface area contributed by atoms with Gasteiger partial charge in [-0.15, -0.1) is 0 Å². The summed E-state index contributed by atoms with van der Waals surface area (Å²) >= 11 is 0. The van der Waals surface area contributed by atoms with E-state index in [9.17, 15) is 9.90 Å². The Labute approximate surface area is 106 Å². The van der Waals surface area contributed by atoms with E-state index in [1.54, 1.807) is 12.3 Å². The lowest BCUT2D eigenvalue weighted by atomic mass is 9.89. The molecule has 1 aromatic carbocycles. The second-order valence-corrected chi connectivity index (χ2v) is 5.60. The maximum Gasteiger partial charge on any atom is 0.274 e. The average Bonchev–Trinajstić information content (AvgIpc) is 2.32. The summed E-state index contributed by atoms with van der Waals surface area (Å²) in [6.45, 7) is 6.02. The Morgan fingerprint density at radius 2 is 2.00 bits per heavy atom. The molecular formula is C14H18N2O2. The summed E-state index contributed by atoms with van der Waals surface area (Å²) in [7, 11) is 0. The zero-order valence-electron chi connectivity index (χ0n) is 10.9. The zero-order chi connectivity index (χ0) is 13.3. The number of rotatable bonds is 2. The van der Waals surface area contributed by atoms with Gasteiger partial charge in [0.15, 0.2) is 0 Å². The van der Waals surface area contributed by atoms with E-state index in [1.165, 1.54) is 4.68 Å². The van der Waals surface area contributed by atoms with Gasteiger partial charge in [-0.25, -0.2) is 4.68 Å². The molecule has 1 aromatic heterocycles. The van der Waals surface area contributed by atoms with Crippen molar-refractivity contribution in [2.75, 3.05) is 0 Å². The molecule has 96 valence electrons. The van der Waals surface area contributed by atoms with Crippen LogP contribution in [0.25, 0.3) is 10.8 Å². The lowest BCUT2D eigenvalue weighted by Crippen LogP contribution is -2.35. The maximum atomic E-state index is 12.2. The molecule has 0 bridgehead atoms. The second kappa shape index (κ2) is 4.53. The van der Waals surface area contributed by atoms with Gasteiger partial charge >= 0.3 is 0 Å². The molecule has 18 heavy (non-hydrogen) atoms. The lowest BCUT2D eigenvalue weighted by molar-refractivity contribution is 0.0439. The molecule has 1 N–H and O–H groups in total. The number of fused-ring (bicyclic) bond motifs is 1. The van der Waals surface area contributed by atoms with Gasteiger partial charge in [-0.3, -0.25) is 4.79 Å². The summed E-state index contributed by atoms with van der Waals surface area (Å²) in [6.07, 6.45) is 1.05.